The number of fused-ring (bicyclic) bond motifs is 1. The summed E-state index contributed by atoms with van der Waals surface area (Å²) in [4.78, 5) is 15.3. The van der Waals surface area contributed by atoms with E-state index in [1.54, 1.807) is 0 Å². The van der Waals surface area contributed by atoms with Crippen LogP contribution in [0.1, 0.15) is 27.9 Å². The van der Waals surface area contributed by atoms with Crippen LogP contribution in [0.5, 0.6) is 0 Å². The van der Waals surface area contributed by atoms with Crippen molar-refractivity contribution in [2.45, 2.75) is 19.3 Å². The zero-order valence-electron chi connectivity index (χ0n) is 17.6. The van der Waals surface area contributed by atoms with E-state index in [2.05, 4.69) is 36.4 Å². The summed E-state index contributed by atoms with van der Waals surface area (Å²) in [6.07, 6.45) is 3.41. The predicted octanol–water partition coefficient (Wildman–Crippen LogP) is 5.69. The maximum Gasteiger partial charge on any atom is 0.256 e. The van der Waals surface area contributed by atoms with E-state index in [-0.39, 0.29) is 18.3 Å². The van der Waals surface area contributed by atoms with Gasteiger partial charge in [-0.25, -0.2) is 0 Å². The predicted molar refractivity (Wildman–Crippen MR) is 128 cm³/mol. The van der Waals surface area contributed by atoms with Gasteiger partial charge < -0.3 is 10.2 Å². The average Bonchev–Trinajstić information content (AvgIpc) is 2.74. The highest BCUT2D eigenvalue weighted by Crippen LogP contribution is 2.29. The second kappa shape index (κ2) is 9.92. The molecule has 0 spiro atoms. The number of carbonyl (C=O) groups excluding carboxylic acids is 1. The number of nitrogens with zero attached hydrogens (tertiary/aromatic N) is 1. The van der Waals surface area contributed by atoms with E-state index in [1.165, 1.54) is 17.5 Å². The molecule has 0 saturated heterocycles. The molecule has 4 rings (SSSR count). The van der Waals surface area contributed by atoms with Crippen LogP contribution in [0.4, 0.5) is 5.69 Å². The minimum Gasteiger partial charge on any atom is -0.322 e. The van der Waals surface area contributed by atoms with Gasteiger partial charge in [0.2, 0.25) is 0 Å². The summed E-state index contributed by atoms with van der Waals surface area (Å²) in [7, 11) is 4.28. The topological polar surface area (TPSA) is 32.3 Å². The van der Waals surface area contributed by atoms with Gasteiger partial charge in [-0.2, -0.15) is 0 Å². The van der Waals surface area contributed by atoms with Gasteiger partial charge in [-0.05, 0) is 79.7 Å². The lowest BCUT2D eigenvalue weighted by Gasteiger charge is -2.27. The minimum absolute atomic E-state index is 0. The highest BCUT2D eigenvalue weighted by molar-refractivity contribution is 6.08. The number of benzene rings is 3. The molecule has 0 aromatic heterocycles. The molecule has 1 unspecified atom stereocenters. The number of nitrogens with one attached hydrogen (secondary N) is 1. The van der Waals surface area contributed by atoms with Gasteiger partial charge in [-0.15, -0.1) is 12.4 Å². The van der Waals surface area contributed by atoms with E-state index in [4.69, 9.17) is 0 Å². The first-order chi connectivity index (χ1) is 14.1. The van der Waals surface area contributed by atoms with E-state index >= 15 is 0 Å². The van der Waals surface area contributed by atoms with E-state index in [0.717, 1.165) is 42.1 Å². The van der Waals surface area contributed by atoms with Gasteiger partial charge in [0, 0.05) is 17.8 Å². The molecular formula is C26H29ClN2O. The van der Waals surface area contributed by atoms with Crippen molar-refractivity contribution in [1.82, 2.24) is 4.90 Å². The number of rotatable bonds is 5. The highest BCUT2D eigenvalue weighted by atomic mass is 35.5. The molecule has 30 heavy (non-hydrogen) atoms. The Hall–Kier alpha value is -2.62. The fourth-order valence-electron chi connectivity index (χ4n) is 4.33. The molecule has 1 aliphatic rings. The van der Waals surface area contributed by atoms with Crippen LogP contribution in [-0.4, -0.2) is 31.4 Å². The van der Waals surface area contributed by atoms with Gasteiger partial charge in [-0.3, -0.25) is 4.79 Å². The molecule has 0 radical (unpaired) electrons. The molecule has 3 aromatic rings. The largest absolute Gasteiger partial charge is 0.322 e. The molecule has 1 N–H and O–H groups in total. The van der Waals surface area contributed by atoms with Gasteiger partial charge in [0.1, 0.15) is 0 Å². The van der Waals surface area contributed by atoms with Crippen molar-refractivity contribution in [1.29, 1.82) is 0 Å². The standard InChI is InChI=1S/C26H28N2O.ClH/c1-28(2)18-19-12-13-22-17-23(15-14-21(22)16-19)27-26(29)25-11-7-6-10-24(25)20-8-4-3-5-9-20;/h3-11,14-15,17,19H,12-13,16,18H2,1-2H3,(H,27,29);1H. The number of carbonyl (C=O) groups is 1. The second-order valence-corrected chi connectivity index (χ2v) is 8.22. The van der Waals surface area contributed by atoms with Gasteiger partial charge in [0.25, 0.3) is 5.91 Å². The third-order valence-corrected chi connectivity index (χ3v) is 5.67. The molecule has 0 aliphatic heterocycles. The summed E-state index contributed by atoms with van der Waals surface area (Å²) in [5.74, 6) is 0.654. The van der Waals surface area contributed by atoms with Crippen LogP contribution in [0.2, 0.25) is 0 Å². The molecule has 1 amide bonds. The zero-order chi connectivity index (χ0) is 20.2. The molecule has 0 fully saturated rings. The second-order valence-electron chi connectivity index (χ2n) is 8.22. The Morgan fingerprint density at radius 2 is 1.70 bits per heavy atom. The molecular weight excluding hydrogens is 392 g/mol. The van der Waals surface area contributed by atoms with Crippen LogP contribution in [0, 0.1) is 5.92 Å². The highest BCUT2D eigenvalue weighted by Gasteiger charge is 2.20. The quantitative estimate of drug-likeness (QED) is 0.574. The summed E-state index contributed by atoms with van der Waals surface area (Å²) >= 11 is 0. The van der Waals surface area contributed by atoms with Crippen molar-refractivity contribution in [2.24, 2.45) is 5.92 Å². The van der Waals surface area contributed by atoms with Crippen LogP contribution < -0.4 is 5.32 Å². The van der Waals surface area contributed by atoms with Crippen molar-refractivity contribution in [3.05, 3.63) is 89.5 Å². The minimum atomic E-state index is -0.0642. The lowest BCUT2D eigenvalue weighted by atomic mass is 9.83. The van der Waals surface area contributed by atoms with E-state index in [1.807, 2.05) is 60.7 Å². The maximum atomic E-state index is 13.0. The Morgan fingerprint density at radius 1 is 0.967 bits per heavy atom. The van der Waals surface area contributed by atoms with Crippen molar-refractivity contribution >= 4 is 24.0 Å². The lowest BCUT2D eigenvalue weighted by molar-refractivity contribution is 0.102. The van der Waals surface area contributed by atoms with E-state index < -0.39 is 0 Å². The first-order valence-corrected chi connectivity index (χ1v) is 10.3. The Kier molecular flexibility index (Phi) is 7.30. The monoisotopic (exact) mass is 420 g/mol. The summed E-state index contributed by atoms with van der Waals surface area (Å²) < 4.78 is 0. The van der Waals surface area contributed by atoms with Crippen molar-refractivity contribution in [2.75, 3.05) is 26.0 Å². The summed E-state index contributed by atoms with van der Waals surface area (Å²) in [5.41, 5.74) is 6.37. The number of amides is 1. The summed E-state index contributed by atoms with van der Waals surface area (Å²) in [6, 6.07) is 24.2. The molecule has 1 atom stereocenters. The Labute approximate surface area is 185 Å². The Balaban J connectivity index is 0.00000256. The lowest BCUT2D eigenvalue weighted by Crippen LogP contribution is -2.26. The number of hydrogen-bond donors (Lipinski definition) is 1. The van der Waals surface area contributed by atoms with Gasteiger partial charge in [-0.1, -0.05) is 54.6 Å². The van der Waals surface area contributed by atoms with Crippen molar-refractivity contribution in [3.8, 4) is 11.1 Å². The number of halogens is 1. The zero-order valence-corrected chi connectivity index (χ0v) is 18.4. The van der Waals surface area contributed by atoms with Crippen molar-refractivity contribution < 1.29 is 4.79 Å². The van der Waals surface area contributed by atoms with Crippen LogP contribution in [0.15, 0.2) is 72.8 Å². The number of hydrogen-bond acceptors (Lipinski definition) is 2. The Bertz CT molecular complexity index is 1000. The van der Waals surface area contributed by atoms with Crippen LogP contribution >= 0.6 is 12.4 Å². The van der Waals surface area contributed by atoms with E-state index in [0.29, 0.717) is 5.56 Å². The number of anilines is 1. The molecule has 3 aromatic carbocycles. The third kappa shape index (κ3) is 5.10. The van der Waals surface area contributed by atoms with Crippen LogP contribution in [0.3, 0.4) is 0 Å². The van der Waals surface area contributed by atoms with E-state index in [9.17, 15) is 4.79 Å². The fraction of sp³-hybridized carbons (Fsp3) is 0.269. The first kappa shape index (κ1) is 22.1. The smallest absolute Gasteiger partial charge is 0.256 e. The first-order valence-electron chi connectivity index (χ1n) is 10.3. The van der Waals surface area contributed by atoms with Crippen LogP contribution in [-0.2, 0) is 12.8 Å². The molecule has 0 saturated carbocycles. The molecule has 3 nitrogen and oxygen atoms in total. The van der Waals surface area contributed by atoms with Crippen LogP contribution in [0.25, 0.3) is 11.1 Å². The summed E-state index contributed by atoms with van der Waals surface area (Å²) in [5, 5.41) is 3.11. The summed E-state index contributed by atoms with van der Waals surface area (Å²) in [6.45, 7) is 1.13. The van der Waals surface area contributed by atoms with Gasteiger partial charge >= 0.3 is 0 Å². The SMILES string of the molecule is CN(C)CC1CCc2cc(NC(=O)c3ccccc3-c3ccccc3)ccc2C1.Cl. The van der Waals surface area contributed by atoms with Gasteiger partial charge in [0.15, 0.2) is 0 Å². The third-order valence-electron chi connectivity index (χ3n) is 5.67. The molecule has 1 aliphatic carbocycles. The molecule has 0 heterocycles. The average molecular weight is 421 g/mol. The van der Waals surface area contributed by atoms with Gasteiger partial charge in [0.05, 0.1) is 0 Å². The number of aryl methyl sites for hydroxylation is 1. The van der Waals surface area contributed by atoms with Crippen molar-refractivity contribution in [3.63, 3.8) is 0 Å². The fourth-order valence-corrected chi connectivity index (χ4v) is 4.33. The maximum absolute atomic E-state index is 13.0. The normalized spacial score (nSPS) is 15.2. The Morgan fingerprint density at radius 3 is 2.47 bits per heavy atom. The molecule has 4 heteroatoms. The molecule has 0 bridgehead atoms. The molecule has 156 valence electrons.